The van der Waals surface area contributed by atoms with Gasteiger partial charge in [-0.05, 0) is 30.4 Å². The minimum absolute atomic E-state index is 0.798. The first kappa shape index (κ1) is 12.6. The second-order valence-electron chi connectivity index (χ2n) is 5.49. The zero-order valence-corrected chi connectivity index (χ0v) is 12.0. The number of hydrogen-bond acceptors (Lipinski definition) is 4. The van der Waals surface area contributed by atoms with Crippen LogP contribution in [-0.4, -0.2) is 55.1 Å². The molecule has 0 spiro atoms. The van der Waals surface area contributed by atoms with Crippen molar-refractivity contribution in [2.24, 2.45) is 0 Å². The van der Waals surface area contributed by atoms with Crippen LogP contribution in [0.1, 0.15) is 16.9 Å². The molecule has 2 aliphatic rings. The van der Waals surface area contributed by atoms with Crippen LogP contribution in [-0.2, 0) is 6.54 Å². The summed E-state index contributed by atoms with van der Waals surface area (Å²) in [7, 11) is 0. The molecule has 2 aliphatic heterocycles. The molecule has 3 heterocycles. The standard InChI is InChI=1S/C14H23N3S/c1-12-3-9-18-14(12)11-16-6-2-13(10-16)17-7-4-15-5-8-17/h3,9,13,15H,2,4-8,10-11H2,1H3. The lowest BCUT2D eigenvalue weighted by Gasteiger charge is -2.32. The molecule has 1 aromatic rings. The highest BCUT2D eigenvalue weighted by atomic mass is 32.1. The average molecular weight is 265 g/mol. The van der Waals surface area contributed by atoms with Crippen molar-refractivity contribution in [3.8, 4) is 0 Å². The van der Waals surface area contributed by atoms with Gasteiger partial charge in [0.2, 0.25) is 0 Å². The molecular weight excluding hydrogens is 242 g/mol. The van der Waals surface area contributed by atoms with E-state index in [1.54, 1.807) is 4.88 Å². The molecular formula is C14H23N3S. The summed E-state index contributed by atoms with van der Waals surface area (Å²) in [5.74, 6) is 0. The van der Waals surface area contributed by atoms with E-state index in [4.69, 9.17) is 0 Å². The molecule has 3 rings (SSSR count). The quantitative estimate of drug-likeness (QED) is 0.894. The predicted molar refractivity (Wildman–Crippen MR) is 77.2 cm³/mol. The number of rotatable bonds is 3. The van der Waals surface area contributed by atoms with Crippen LogP contribution >= 0.6 is 11.3 Å². The summed E-state index contributed by atoms with van der Waals surface area (Å²) >= 11 is 1.91. The number of nitrogens with one attached hydrogen (secondary N) is 1. The van der Waals surface area contributed by atoms with Gasteiger partial charge < -0.3 is 5.32 Å². The van der Waals surface area contributed by atoms with Gasteiger partial charge in [0.25, 0.3) is 0 Å². The molecule has 4 heteroatoms. The van der Waals surface area contributed by atoms with Crippen molar-refractivity contribution in [1.29, 1.82) is 0 Å². The Hall–Kier alpha value is -0.420. The maximum Gasteiger partial charge on any atom is 0.0331 e. The van der Waals surface area contributed by atoms with Gasteiger partial charge in [0.1, 0.15) is 0 Å². The van der Waals surface area contributed by atoms with Gasteiger partial charge in [-0.2, -0.15) is 0 Å². The van der Waals surface area contributed by atoms with Gasteiger partial charge in [-0.15, -0.1) is 11.3 Å². The number of hydrogen-bond donors (Lipinski definition) is 1. The summed E-state index contributed by atoms with van der Waals surface area (Å²) in [6, 6.07) is 3.04. The minimum atomic E-state index is 0.798. The third-order valence-electron chi connectivity index (χ3n) is 4.25. The summed E-state index contributed by atoms with van der Waals surface area (Å²) in [6.45, 7) is 10.7. The molecule has 1 aromatic heterocycles. The van der Waals surface area contributed by atoms with Crippen molar-refractivity contribution in [3.63, 3.8) is 0 Å². The van der Waals surface area contributed by atoms with Crippen molar-refractivity contribution in [2.45, 2.75) is 25.9 Å². The van der Waals surface area contributed by atoms with E-state index in [0.717, 1.165) is 12.6 Å². The SMILES string of the molecule is Cc1ccsc1CN1CCC(N2CCNCC2)C1. The lowest BCUT2D eigenvalue weighted by Crippen LogP contribution is -2.49. The largest absolute Gasteiger partial charge is 0.314 e. The smallest absolute Gasteiger partial charge is 0.0331 e. The van der Waals surface area contributed by atoms with Crippen LogP contribution in [0.5, 0.6) is 0 Å². The molecule has 0 aliphatic carbocycles. The Morgan fingerprint density at radius 3 is 2.89 bits per heavy atom. The molecule has 1 atom stereocenters. The van der Waals surface area contributed by atoms with E-state index in [9.17, 15) is 0 Å². The van der Waals surface area contributed by atoms with Gasteiger partial charge in [-0.3, -0.25) is 9.80 Å². The number of piperazine rings is 1. The van der Waals surface area contributed by atoms with Gasteiger partial charge in [0.15, 0.2) is 0 Å². The maximum absolute atomic E-state index is 3.44. The lowest BCUT2D eigenvalue weighted by molar-refractivity contribution is 0.170. The van der Waals surface area contributed by atoms with E-state index in [1.165, 1.54) is 51.3 Å². The second-order valence-corrected chi connectivity index (χ2v) is 6.49. The van der Waals surface area contributed by atoms with Crippen LogP contribution in [0.25, 0.3) is 0 Å². The van der Waals surface area contributed by atoms with Crippen molar-refractivity contribution in [2.75, 3.05) is 39.3 Å². The van der Waals surface area contributed by atoms with Gasteiger partial charge in [0.05, 0.1) is 0 Å². The summed E-state index contributed by atoms with van der Waals surface area (Å²) in [4.78, 5) is 6.86. The van der Waals surface area contributed by atoms with Crippen LogP contribution in [0.4, 0.5) is 0 Å². The van der Waals surface area contributed by atoms with Gasteiger partial charge in [0, 0.05) is 56.7 Å². The number of thiophene rings is 1. The van der Waals surface area contributed by atoms with E-state index >= 15 is 0 Å². The fourth-order valence-corrected chi connectivity index (χ4v) is 4.02. The zero-order valence-electron chi connectivity index (χ0n) is 11.2. The maximum atomic E-state index is 3.44. The molecule has 0 bridgehead atoms. The van der Waals surface area contributed by atoms with Crippen LogP contribution in [0.3, 0.4) is 0 Å². The van der Waals surface area contributed by atoms with Crippen LogP contribution in [0.2, 0.25) is 0 Å². The van der Waals surface area contributed by atoms with Crippen molar-refractivity contribution < 1.29 is 0 Å². The highest BCUT2D eigenvalue weighted by Crippen LogP contribution is 2.22. The normalized spacial score (nSPS) is 26.8. The van der Waals surface area contributed by atoms with E-state index in [2.05, 4.69) is 33.5 Å². The Labute approximate surface area is 114 Å². The van der Waals surface area contributed by atoms with Gasteiger partial charge in [-0.1, -0.05) is 0 Å². The van der Waals surface area contributed by atoms with Crippen molar-refractivity contribution in [3.05, 3.63) is 21.9 Å². The Morgan fingerprint density at radius 1 is 1.33 bits per heavy atom. The van der Waals surface area contributed by atoms with Crippen molar-refractivity contribution in [1.82, 2.24) is 15.1 Å². The number of aryl methyl sites for hydroxylation is 1. The summed E-state index contributed by atoms with van der Waals surface area (Å²) in [6.07, 6.45) is 1.35. The Bertz CT molecular complexity index is 384. The summed E-state index contributed by atoms with van der Waals surface area (Å²) < 4.78 is 0. The van der Waals surface area contributed by atoms with E-state index in [1.807, 2.05) is 11.3 Å². The molecule has 100 valence electrons. The Kier molecular flexibility index (Phi) is 3.99. The molecule has 0 radical (unpaired) electrons. The molecule has 2 fully saturated rings. The average Bonchev–Trinajstić information content (AvgIpc) is 3.02. The first-order valence-electron chi connectivity index (χ1n) is 7.03. The predicted octanol–water partition coefficient (Wildman–Crippen LogP) is 1.54. The molecule has 18 heavy (non-hydrogen) atoms. The molecule has 1 N–H and O–H groups in total. The molecule has 3 nitrogen and oxygen atoms in total. The van der Waals surface area contributed by atoms with Gasteiger partial charge >= 0.3 is 0 Å². The van der Waals surface area contributed by atoms with Gasteiger partial charge in [-0.25, -0.2) is 0 Å². The third-order valence-corrected chi connectivity index (χ3v) is 5.26. The summed E-state index contributed by atoms with van der Waals surface area (Å²) in [5.41, 5.74) is 1.46. The van der Waals surface area contributed by atoms with Crippen LogP contribution < -0.4 is 5.32 Å². The fraction of sp³-hybridized carbons (Fsp3) is 0.714. The van der Waals surface area contributed by atoms with E-state index in [0.29, 0.717) is 0 Å². The monoisotopic (exact) mass is 265 g/mol. The molecule has 0 saturated carbocycles. The van der Waals surface area contributed by atoms with Crippen LogP contribution in [0.15, 0.2) is 11.4 Å². The molecule has 1 unspecified atom stereocenters. The molecule has 2 saturated heterocycles. The second kappa shape index (κ2) is 5.70. The lowest BCUT2D eigenvalue weighted by atomic mass is 10.2. The Balaban J connectivity index is 1.53. The van der Waals surface area contributed by atoms with E-state index < -0.39 is 0 Å². The highest BCUT2D eigenvalue weighted by Gasteiger charge is 2.28. The van der Waals surface area contributed by atoms with E-state index in [-0.39, 0.29) is 0 Å². The van der Waals surface area contributed by atoms with Crippen molar-refractivity contribution >= 4 is 11.3 Å². The minimum Gasteiger partial charge on any atom is -0.314 e. The topological polar surface area (TPSA) is 18.5 Å². The Morgan fingerprint density at radius 2 is 2.17 bits per heavy atom. The summed E-state index contributed by atoms with van der Waals surface area (Å²) in [5, 5.41) is 5.66. The molecule has 0 amide bonds. The van der Waals surface area contributed by atoms with Crippen LogP contribution in [0, 0.1) is 6.92 Å². The third kappa shape index (κ3) is 2.77. The highest BCUT2D eigenvalue weighted by molar-refractivity contribution is 7.10. The zero-order chi connectivity index (χ0) is 12.4. The first-order chi connectivity index (χ1) is 8.83. The number of likely N-dealkylation sites (tertiary alicyclic amines) is 1. The molecule has 0 aromatic carbocycles. The fourth-order valence-electron chi connectivity index (χ4n) is 3.07. The number of nitrogens with zero attached hydrogens (tertiary/aromatic N) is 2. The first-order valence-corrected chi connectivity index (χ1v) is 7.91.